The van der Waals surface area contributed by atoms with E-state index in [2.05, 4.69) is 21.1 Å². The lowest BCUT2D eigenvalue weighted by atomic mass is 10.0. The van der Waals surface area contributed by atoms with Gasteiger partial charge in [-0.25, -0.2) is 0 Å². The van der Waals surface area contributed by atoms with Crippen molar-refractivity contribution in [3.05, 3.63) is 59.1 Å². The predicted octanol–water partition coefficient (Wildman–Crippen LogP) is 4.35. The Morgan fingerprint density at radius 2 is 1.68 bits per heavy atom. The third kappa shape index (κ3) is 2.27. The summed E-state index contributed by atoms with van der Waals surface area (Å²) in [6.07, 6.45) is 0. The lowest BCUT2D eigenvalue weighted by Crippen LogP contribution is -1.87. The highest BCUT2D eigenvalue weighted by Gasteiger charge is 2.17. The molecule has 0 saturated heterocycles. The van der Waals surface area contributed by atoms with Crippen LogP contribution in [0.15, 0.2) is 63.6 Å². The van der Waals surface area contributed by atoms with E-state index in [0.29, 0.717) is 5.88 Å². The second-order valence-electron chi connectivity index (χ2n) is 4.15. The van der Waals surface area contributed by atoms with Crippen molar-refractivity contribution in [1.29, 1.82) is 0 Å². The van der Waals surface area contributed by atoms with Gasteiger partial charge in [-0.15, -0.1) is 0 Å². The highest BCUT2D eigenvalue weighted by molar-refractivity contribution is 9.10. The van der Waals surface area contributed by atoms with E-state index in [0.717, 1.165) is 26.9 Å². The summed E-state index contributed by atoms with van der Waals surface area (Å²) >= 11 is 3.46. The summed E-state index contributed by atoms with van der Waals surface area (Å²) in [6.45, 7) is 0. The first kappa shape index (κ1) is 12.0. The summed E-state index contributed by atoms with van der Waals surface area (Å²) in [5.41, 5.74) is 9.46. The average Bonchev–Trinajstić information content (AvgIpc) is 2.82. The van der Waals surface area contributed by atoms with Crippen molar-refractivity contribution in [3.63, 3.8) is 0 Å². The van der Waals surface area contributed by atoms with Crippen LogP contribution in [0.2, 0.25) is 0 Å². The summed E-state index contributed by atoms with van der Waals surface area (Å²) in [7, 11) is 0. The van der Waals surface area contributed by atoms with Crippen LogP contribution in [0.3, 0.4) is 0 Å². The molecule has 0 spiro atoms. The number of nitrogens with two attached hydrogens (primary N) is 1. The molecule has 1 aromatic heterocycles. The number of aromatic nitrogens is 1. The Kier molecular flexibility index (Phi) is 3.09. The van der Waals surface area contributed by atoms with Crippen LogP contribution in [-0.2, 0) is 0 Å². The molecule has 0 aliphatic carbocycles. The van der Waals surface area contributed by atoms with Gasteiger partial charge >= 0.3 is 0 Å². The zero-order valence-electron chi connectivity index (χ0n) is 10.0. The van der Waals surface area contributed by atoms with Crippen molar-refractivity contribution >= 4 is 21.8 Å². The number of rotatable bonds is 2. The first-order chi connectivity index (χ1) is 9.25. The van der Waals surface area contributed by atoms with Crippen LogP contribution in [0.4, 0.5) is 5.88 Å². The quantitative estimate of drug-likeness (QED) is 0.765. The van der Waals surface area contributed by atoms with E-state index < -0.39 is 0 Å². The van der Waals surface area contributed by atoms with Crippen molar-refractivity contribution in [2.45, 2.75) is 0 Å². The van der Waals surface area contributed by atoms with Crippen LogP contribution < -0.4 is 5.73 Å². The fourth-order valence-electron chi connectivity index (χ4n) is 2.02. The molecule has 19 heavy (non-hydrogen) atoms. The number of hydrogen-bond donors (Lipinski definition) is 1. The Morgan fingerprint density at radius 3 is 2.42 bits per heavy atom. The van der Waals surface area contributed by atoms with Gasteiger partial charge in [0.2, 0.25) is 5.88 Å². The second kappa shape index (κ2) is 4.90. The first-order valence-electron chi connectivity index (χ1n) is 5.82. The number of nitrogens with zero attached hydrogens (tertiary/aromatic N) is 1. The second-order valence-corrected chi connectivity index (χ2v) is 5.06. The molecular weight excluding hydrogens is 304 g/mol. The standard InChI is InChI=1S/C15H11BrN2O/c16-12-8-4-7-11(9-12)14-13(15(17)19-18-14)10-5-2-1-3-6-10/h1-9H,17H2. The molecule has 2 aromatic carbocycles. The van der Waals surface area contributed by atoms with E-state index in [4.69, 9.17) is 10.3 Å². The van der Waals surface area contributed by atoms with Crippen molar-refractivity contribution in [3.8, 4) is 22.4 Å². The molecule has 4 heteroatoms. The summed E-state index contributed by atoms with van der Waals surface area (Å²) < 4.78 is 6.15. The van der Waals surface area contributed by atoms with Crippen LogP contribution in [-0.4, -0.2) is 5.16 Å². The van der Waals surface area contributed by atoms with E-state index in [9.17, 15) is 0 Å². The van der Waals surface area contributed by atoms with Crippen molar-refractivity contribution < 1.29 is 4.52 Å². The summed E-state index contributed by atoms with van der Waals surface area (Å²) in [4.78, 5) is 0. The van der Waals surface area contributed by atoms with Crippen molar-refractivity contribution in [2.75, 3.05) is 5.73 Å². The molecule has 0 aliphatic heterocycles. The van der Waals surface area contributed by atoms with Gasteiger partial charge in [0.25, 0.3) is 0 Å². The number of anilines is 1. The monoisotopic (exact) mass is 314 g/mol. The molecule has 3 rings (SSSR count). The van der Waals surface area contributed by atoms with Crippen LogP contribution in [0, 0.1) is 0 Å². The SMILES string of the molecule is Nc1onc(-c2cccc(Br)c2)c1-c1ccccc1. The zero-order valence-corrected chi connectivity index (χ0v) is 11.6. The maximum absolute atomic E-state index is 5.91. The molecule has 0 fully saturated rings. The third-order valence-corrected chi connectivity index (χ3v) is 3.37. The van der Waals surface area contributed by atoms with Crippen LogP contribution in [0.5, 0.6) is 0 Å². The summed E-state index contributed by atoms with van der Waals surface area (Å²) in [5.74, 6) is 0.334. The maximum atomic E-state index is 5.91. The molecule has 0 radical (unpaired) electrons. The van der Waals surface area contributed by atoms with Gasteiger partial charge in [0, 0.05) is 10.0 Å². The normalized spacial score (nSPS) is 10.6. The molecule has 1 heterocycles. The molecule has 0 atom stereocenters. The Labute approximate surface area is 119 Å². The van der Waals surface area contributed by atoms with Gasteiger partial charge in [-0.2, -0.15) is 0 Å². The van der Waals surface area contributed by atoms with Gasteiger partial charge in [0.1, 0.15) is 5.69 Å². The molecule has 0 unspecified atom stereocenters. The Bertz CT molecular complexity index is 707. The van der Waals surface area contributed by atoms with Crippen molar-refractivity contribution in [2.24, 2.45) is 0 Å². The van der Waals surface area contributed by atoms with Gasteiger partial charge < -0.3 is 10.3 Å². The van der Waals surface area contributed by atoms with Crippen LogP contribution >= 0.6 is 15.9 Å². The number of nitrogen functional groups attached to an aromatic ring is 1. The molecule has 3 nitrogen and oxygen atoms in total. The fourth-order valence-corrected chi connectivity index (χ4v) is 2.42. The van der Waals surface area contributed by atoms with Gasteiger partial charge in [-0.05, 0) is 17.7 Å². The van der Waals surface area contributed by atoms with E-state index in [1.54, 1.807) is 0 Å². The summed E-state index contributed by atoms with van der Waals surface area (Å²) in [5, 5.41) is 4.08. The van der Waals surface area contributed by atoms with Crippen molar-refractivity contribution in [1.82, 2.24) is 5.16 Å². The lowest BCUT2D eigenvalue weighted by molar-refractivity contribution is 0.439. The minimum absolute atomic E-state index is 0.334. The molecule has 94 valence electrons. The molecule has 0 amide bonds. The van der Waals surface area contributed by atoms with Crippen LogP contribution in [0.25, 0.3) is 22.4 Å². The lowest BCUT2D eigenvalue weighted by Gasteiger charge is -2.03. The molecule has 0 saturated carbocycles. The summed E-state index contributed by atoms with van der Waals surface area (Å²) in [6, 6.07) is 17.8. The Balaban J connectivity index is 2.19. The predicted molar refractivity (Wildman–Crippen MR) is 79.5 cm³/mol. The molecule has 3 aromatic rings. The highest BCUT2D eigenvalue weighted by atomic mass is 79.9. The van der Waals surface area contributed by atoms with E-state index in [-0.39, 0.29) is 0 Å². The number of halogens is 1. The van der Waals surface area contributed by atoms with Gasteiger partial charge in [0.05, 0.1) is 5.56 Å². The fraction of sp³-hybridized carbons (Fsp3) is 0. The largest absolute Gasteiger partial charge is 0.367 e. The van der Waals surface area contributed by atoms with Gasteiger partial charge in [0.15, 0.2) is 0 Å². The first-order valence-corrected chi connectivity index (χ1v) is 6.61. The average molecular weight is 315 g/mol. The molecule has 0 bridgehead atoms. The van der Waals surface area contributed by atoms with E-state index in [1.807, 2.05) is 54.6 Å². The minimum atomic E-state index is 0.334. The Hall–Kier alpha value is -2.07. The molecular formula is C15H11BrN2O. The number of hydrogen-bond acceptors (Lipinski definition) is 3. The topological polar surface area (TPSA) is 52.0 Å². The number of benzene rings is 2. The van der Waals surface area contributed by atoms with Gasteiger partial charge in [-0.3, -0.25) is 0 Å². The highest BCUT2D eigenvalue weighted by Crippen LogP contribution is 2.36. The molecule has 2 N–H and O–H groups in total. The zero-order chi connectivity index (χ0) is 13.2. The minimum Gasteiger partial charge on any atom is -0.367 e. The Morgan fingerprint density at radius 1 is 0.947 bits per heavy atom. The van der Waals surface area contributed by atoms with E-state index in [1.165, 1.54) is 0 Å². The molecule has 0 aliphatic rings. The van der Waals surface area contributed by atoms with E-state index >= 15 is 0 Å². The van der Waals surface area contributed by atoms with Gasteiger partial charge in [-0.1, -0.05) is 63.6 Å². The third-order valence-electron chi connectivity index (χ3n) is 2.88. The smallest absolute Gasteiger partial charge is 0.230 e. The maximum Gasteiger partial charge on any atom is 0.230 e. The van der Waals surface area contributed by atoms with Crippen LogP contribution in [0.1, 0.15) is 0 Å².